The van der Waals surface area contributed by atoms with Crippen LogP contribution in [0.5, 0.6) is 5.75 Å². The zero-order valence-corrected chi connectivity index (χ0v) is 19.6. The number of nitro groups is 1. The maximum absolute atomic E-state index is 13.1. The summed E-state index contributed by atoms with van der Waals surface area (Å²) in [6.07, 6.45) is 1.18. The molecule has 10 nitrogen and oxygen atoms in total. The van der Waals surface area contributed by atoms with Crippen molar-refractivity contribution in [3.05, 3.63) is 46.5 Å². The van der Waals surface area contributed by atoms with Gasteiger partial charge in [-0.3, -0.25) is 0 Å². The van der Waals surface area contributed by atoms with E-state index >= 15 is 0 Å². The summed E-state index contributed by atoms with van der Waals surface area (Å²) in [4.78, 5) is 31.0. The standard InChI is InChI=1S/C24H28N4O6/c1-24(2,3)34-23(30)27-19-9-7-16(29)12-15(19)13-20(27)18-8-10-21(25-22(18)28(31)32)26-11-5-6-17(14-26)33-4/h7-10,12-13,17,29H,5-6,11,14H2,1-4H3/t17-/m0/s1. The fraction of sp³-hybridized carbons (Fsp3) is 0.417. The van der Waals surface area contributed by atoms with E-state index in [1.165, 1.54) is 16.7 Å². The number of piperidine rings is 1. The second-order valence-electron chi connectivity index (χ2n) is 9.33. The highest BCUT2D eigenvalue weighted by Gasteiger charge is 2.30. The van der Waals surface area contributed by atoms with Gasteiger partial charge in [-0.05, 0) is 73.9 Å². The molecule has 4 rings (SSSR count). The second-order valence-corrected chi connectivity index (χ2v) is 9.33. The Bertz CT molecular complexity index is 1250. The molecule has 0 bridgehead atoms. The molecule has 1 atom stereocenters. The lowest BCUT2D eigenvalue weighted by molar-refractivity contribution is -0.388. The summed E-state index contributed by atoms with van der Waals surface area (Å²) < 4.78 is 12.3. The summed E-state index contributed by atoms with van der Waals surface area (Å²) in [7, 11) is 1.65. The van der Waals surface area contributed by atoms with Crippen molar-refractivity contribution in [1.82, 2.24) is 9.55 Å². The molecule has 10 heteroatoms. The number of carbonyl (C=O) groups excluding carboxylic acids is 1. The monoisotopic (exact) mass is 468 g/mol. The minimum absolute atomic E-state index is 0.0150. The average molecular weight is 469 g/mol. The van der Waals surface area contributed by atoms with Crippen LogP contribution < -0.4 is 4.90 Å². The van der Waals surface area contributed by atoms with Gasteiger partial charge >= 0.3 is 11.9 Å². The van der Waals surface area contributed by atoms with E-state index in [9.17, 15) is 20.0 Å². The normalized spacial score (nSPS) is 16.6. The van der Waals surface area contributed by atoms with E-state index in [4.69, 9.17) is 9.47 Å². The first kappa shape index (κ1) is 23.5. The van der Waals surface area contributed by atoms with Crippen LogP contribution in [0, 0.1) is 10.1 Å². The zero-order chi connectivity index (χ0) is 24.6. The van der Waals surface area contributed by atoms with E-state index < -0.39 is 16.6 Å². The van der Waals surface area contributed by atoms with Gasteiger partial charge in [0.1, 0.15) is 11.4 Å². The van der Waals surface area contributed by atoms with E-state index in [1.807, 2.05) is 4.90 Å². The minimum Gasteiger partial charge on any atom is -0.508 e. The Morgan fingerprint density at radius 1 is 1.24 bits per heavy atom. The van der Waals surface area contributed by atoms with Crippen LogP contribution in [0.25, 0.3) is 22.2 Å². The molecule has 0 unspecified atom stereocenters. The summed E-state index contributed by atoms with van der Waals surface area (Å²) in [5, 5.41) is 22.5. The first-order chi connectivity index (χ1) is 16.1. The Kier molecular flexibility index (Phi) is 6.18. The highest BCUT2D eigenvalue weighted by Crippen LogP contribution is 2.36. The Hall–Kier alpha value is -3.66. The number of pyridine rings is 1. The SMILES string of the molecule is CO[C@H]1CCCN(c2ccc(-c3cc4cc(O)ccc4n3C(=O)OC(C)(C)C)c([N+](=O)[O-])n2)C1. The van der Waals surface area contributed by atoms with Crippen LogP contribution >= 0.6 is 0 Å². The van der Waals surface area contributed by atoms with E-state index in [0.717, 1.165) is 19.4 Å². The Labute approximate surface area is 196 Å². The third-order valence-corrected chi connectivity index (χ3v) is 5.71. The van der Waals surface area contributed by atoms with Crippen molar-refractivity contribution in [2.45, 2.75) is 45.3 Å². The number of hydrogen-bond acceptors (Lipinski definition) is 8. The third kappa shape index (κ3) is 4.67. The fourth-order valence-electron chi connectivity index (χ4n) is 4.20. The summed E-state index contributed by atoms with van der Waals surface area (Å²) in [6, 6.07) is 9.45. The molecule has 1 saturated heterocycles. The summed E-state index contributed by atoms with van der Waals surface area (Å²) in [5.41, 5.74) is 0.117. The van der Waals surface area contributed by atoms with Gasteiger partial charge in [-0.2, -0.15) is 0 Å². The predicted molar refractivity (Wildman–Crippen MR) is 127 cm³/mol. The number of fused-ring (bicyclic) bond motifs is 1. The van der Waals surface area contributed by atoms with Crippen molar-refractivity contribution in [2.24, 2.45) is 0 Å². The molecule has 0 amide bonds. The molecule has 0 radical (unpaired) electrons. The minimum atomic E-state index is -0.776. The smallest absolute Gasteiger partial charge is 0.419 e. The van der Waals surface area contributed by atoms with Crippen LogP contribution in [0.1, 0.15) is 33.6 Å². The average Bonchev–Trinajstić information content (AvgIpc) is 3.16. The van der Waals surface area contributed by atoms with Crippen LogP contribution in [-0.4, -0.2) is 57.6 Å². The number of phenolic OH excluding ortho intramolecular Hbond substituents is 1. The lowest BCUT2D eigenvalue weighted by Gasteiger charge is -2.31. The fourth-order valence-corrected chi connectivity index (χ4v) is 4.20. The molecule has 1 aliphatic rings. The summed E-state index contributed by atoms with van der Waals surface area (Å²) >= 11 is 0. The van der Waals surface area contributed by atoms with Crippen molar-refractivity contribution in [3.63, 3.8) is 0 Å². The first-order valence-corrected chi connectivity index (χ1v) is 11.1. The third-order valence-electron chi connectivity index (χ3n) is 5.71. The van der Waals surface area contributed by atoms with Gasteiger partial charge in [-0.15, -0.1) is 0 Å². The van der Waals surface area contributed by atoms with Gasteiger partial charge in [0.05, 0.1) is 22.9 Å². The van der Waals surface area contributed by atoms with E-state index in [2.05, 4.69) is 4.98 Å². The molecule has 3 heterocycles. The van der Waals surface area contributed by atoms with Crippen LogP contribution in [0.4, 0.5) is 16.4 Å². The first-order valence-electron chi connectivity index (χ1n) is 11.1. The molecule has 0 spiro atoms. The molecule has 1 aliphatic heterocycles. The van der Waals surface area contributed by atoms with Gasteiger partial charge in [0.15, 0.2) is 0 Å². The van der Waals surface area contributed by atoms with Crippen LogP contribution in [0.3, 0.4) is 0 Å². The van der Waals surface area contributed by atoms with Crippen molar-refractivity contribution in [3.8, 4) is 17.0 Å². The highest BCUT2D eigenvalue weighted by atomic mass is 16.6. The van der Waals surface area contributed by atoms with Crippen molar-refractivity contribution in [2.75, 3.05) is 25.1 Å². The number of aromatic nitrogens is 2. The van der Waals surface area contributed by atoms with Gasteiger partial charge in [-0.1, -0.05) is 0 Å². The molecule has 1 N–H and O–H groups in total. The van der Waals surface area contributed by atoms with Gasteiger partial charge in [0, 0.05) is 31.7 Å². The molecule has 0 saturated carbocycles. The lowest BCUT2D eigenvalue weighted by atomic mass is 10.1. The topological polar surface area (TPSA) is 120 Å². The summed E-state index contributed by atoms with van der Waals surface area (Å²) in [6.45, 7) is 6.55. The number of benzene rings is 1. The Morgan fingerprint density at radius 3 is 2.68 bits per heavy atom. The lowest BCUT2D eigenvalue weighted by Crippen LogP contribution is -2.39. The number of rotatable bonds is 4. The van der Waals surface area contributed by atoms with Crippen molar-refractivity contribution in [1.29, 1.82) is 0 Å². The molecule has 1 aromatic carbocycles. The summed E-state index contributed by atoms with van der Waals surface area (Å²) in [5.74, 6) is 0.129. The zero-order valence-electron chi connectivity index (χ0n) is 19.6. The van der Waals surface area contributed by atoms with E-state index in [-0.39, 0.29) is 28.9 Å². The number of hydrogen-bond donors (Lipinski definition) is 1. The number of nitrogens with zero attached hydrogens (tertiary/aromatic N) is 4. The Morgan fingerprint density at radius 2 is 2.00 bits per heavy atom. The molecular formula is C24H28N4O6. The van der Waals surface area contributed by atoms with Gasteiger partial charge in [-0.25, -0.2) is 9.36 Å². The number of methoxy groups -OCH3 is 1. The molecule has 2 aromatic heterocycles. The van der Waals surface area contributed by atoms with E-state index in [1.54, 1.807) is 52.1 Å². The number of anilines is 1. The van der Waals surface area contributed by atoms with Crippen molar-refractivity contribution >= 4 is 28.6 Å². The number of aromatic hydroxyl groups is 1. The second kappa shape index (κ2) is 8.94. The van der Waals surface area contributed by atoms with Gasteiger partial charge in [0.2, 0.25) is 5.82 Å². The van der Waals surface area contributed by atoms with Crippen LogP contribution in [-0.2, 0) is 9.47 Å². The van der Waals surface area contributed by atoms with E-state index in [0.29, 0.717) is 23.3 Å². The number of carbonyl (C=O) groups is 1. The molecule has 3 aromatic rings. The van der Waals surface area contributed by atoms with Gasteiger partial charge < -0.3 is 29.6 Å². The largest absolute Gasteiger partial charge is 0.508 e. The van der Waals surface area contributed by atoms with Crippen LogP contribution in [0.2, 0.25) is 0 Å². The van der Waals surface area contributed by atoms with Crippen LogP contribution in [0.15, 0.2) is 36.4 Å². The van der Waals surface area contributed by atoms with Gasteiger partial charge in [0.25, 0.3) is 0 Å². The Balaban J connectivity index is 1.85. The van der Waals surface area contributed by atoms with Crippen molar-refractivity contribution < 1.29 is 24.3 Å². The maximum atomic E-state index is 13.1. The molecule has 34 heavy (non-hydrogen) atoms. The molecule has 1 fully saturated rings. The molecule has 0 aliphatic carbocycles. The molecule has 180 valence electrons. The predicted octanol–water partition coefficient (Wildman–Crippen LogP) is 4.72. The number of phenols is 1. The highest BCUT2D eigenvalue weighted by molar-refractivity contribution is 5.97. The number of ether oxygens (including phenoxy) is 2. The maximum Gasteiger partial charge on any atom is 0.419 e. The quantitative estimate of drug-likeness (QED) is 0.432. The molecular weight excluding hydrogens is 440 g/mol.